The van der Waals surface area contributed by atoms with Crippen LogP contribution in [0.4, 0.5) is 45.5 Å². The summed E-state index contributed by atoms with van der Waals surface area (Å²) in [7, 11) is 0. The van der Waals surface area contributed by atoms with Crippen LogP contribution >= 0.6 is 0 Å². The summed E-state index contributed by atoms with van der Waals surface area (Å²) in [6.07, 6.45) is 6.61. The SMILES string of the molecule is CC(C)(C)c1ccc(N2c3cc(N4c5ccc(-c6ccccn6)cc5C5(C)CCCCC45C)ccc3B3c4ccc(-c5ccccc5)cc4N(c4ccc(C(C)(C)C)cc4-c4ccccc4)c4cc(C(C)(C)C)cc2c43)cc1. The highest BCUT2D eigenvalue weighted by atomic mass is 15.3. The molecule has 1 fully saturated rings. The van der Waals surface area contributed by atoms with E-state index in [1.165, 1.54) is 125 Å². The molecule has 0 N–H and O–H groups in total. The van der Waals surface area contributed by atoms with Crippen LogP contribution in [0.1, 0.15) is 124 Å². The summed E-state index contributed by atoms with van der Waals surface area (Å²) in [6, 6.07) is 72.2. The lowest BCUT2D eigenvalue weighted by molar-refractivity contribution is 0.195. The normalized spacial score (nSPS) is 18.5. The average Bonchev–Trinajstić information content (AvgIpc) is 3.77. The number of rotatable bonds is 6. The smallest absolute Gasteiger partial charge is 0.252 e. The zero-order chi connectivity index (χ0) is 54.1. The summed E-state index contributed by atoms with van der Waals surface area (Å²) >= 11 is 0. The van der Waals surface area contributed by atoms with Gasteiger partial charge in [0.05, 0.1) is 16.9 Å². The van der Waals surface area contributed by atoms with Gasteiger partial charge in [0.2, 0.25) is 0 Å². The Labute approximate surface area is 464 Å². The molecule has 4 nitrogen and oxygen atoms in total. The molecule has 1 aliphatic carbocycles. The standard InChI is InChI=1S/C73H73BN4/c1-69(2,3)52-29-32-55(33-30-52)76-65-47-56(78-63-37-28-51(61-26-18-21-41-75-61)42-58(63)72(10)39-19-20-40-73(72,78)11)34-36-60(65)74-59-35-27-50(48-22-14-12-15-23-48)43-64(59)77(67-46-54(71(7,8)9)45-66(76)68(67)74)62-38-31-53(70(4,5)6)44-57(62)49-24-16-13-17-25-49/h12-18,21-38,41-47H,19-20,39-40H2,1-11H3. The number of fused-ring (bicyclic) bond motifs is 7. The first kappa shape index (κ1) is 49.9. The summed E-state index contributed by atoms with van der Waals surface area (Å²) in [5, 5.41) is 0. The lowest BCUT2D eigenvalue weighted by atomic mass is 9.33. The van der Waals surface area contributed by atoms with Gasteiger partial charge in [-0.3, -0.25) is 4.98 Å². The Morgan fingerprint density at radius 3 is 1.67 bits per heavy atom. The van der Waals surface area contributed by atoms with Crippen LogP contribution in [0.25, 0.3) is 33.5 Å². The molecule has 1 aromatic heterocycles. The van der Waals surface area contributed by atoms with Gasteiger partial charge in [0.15, 0.2) is 0 Å². The van der Waals surface area contributed by atoms with Gasteiger partial charge >= 0.3 is 0 Å². The van der Waals surface area contributed by atoms with E-state index in [1.54, 1.807) is 0 Å². The second kappa shape index (κ2) is 18.0. The minimum Gasteiger partial charge on any atom is -0.334 e. The van der Waals surface area contributed by atoms with E-state index in [9.17, 15) is 0 Å². The van der Waals surface area contributed by atoms with E-state index >= 15 is 0 Å². The molecule has 2 atom stereocenters. The van der Waals surface area contributed by atoms with Gasteiger partial charge < -0.3 is 14.7 Å². The molecule has 9 aromatic rings. The van der Waals surface area contributed by atoms with E-state index in [-0.39, 0.29) is 33.9 Å². The number of anilines is 8. The number of aromatic nitrogens is 1. The number of nitrogens with zero attached hydrogens (tertiary/aromatic N) is 4. The fraction of sp³-hybridized carbons (Fsp3) is 0.274. The zero-order valence-corrected chi connectivity index (χ0v) is 47.7. The van der Waals surface area contributed by atoms with Crippen LogP contribution in [0.5, 0.6) is 0 Å². The number of hydrogen-bond donors (Lipinski definition) is 0. The third-order valence-corrected chi connectivity index (χ3v) is 18.5. The van der Waals surface area contributed by atoms with Crippen molar-refractivity contribution >= 4 is 68.6 Å². The monoisotopic (exact) mass is 1020 g/mol. The molecular weight excluding hydrogens is 944 g/mol. The van der Waals surface area contributed by atoms with Crippen LogP contribution in [0.3, 0.4) is 0 Å². The molecule has 5 heteroatoms. The first-order chi connectivity index (χ1) is 37.3. The summed E-state index contributed by atoms with van der Waals surface area (Å²) in [5.74, 6) is 0. The highest BCUT2D eigenvalue weighted by molar-refractivity contribution is 7.00. The molecule has 0 spiro atoms. The van der Waals surface area contributed by atoms with Gasteiger partial charge in [-0.1, -0.05) is 191 Å². The Morgan fingerprint density at radius 1 is 0.423 bits per heavy atom. The van der Waals surface area contributed by atoms with Gasteiger partial charge in [-0.15, -0.1) is 0 Å². The molecule has 2 unspecified atom stereocenters. The van der Waals surface area contributed by atoms with Crippen molar-refractivity contribution in [2.75, 3.05) is 14.7 Å². The molecular formula is C73H73BN4. The Morgan fingerprint density at radius 2 is 1.00 bits per heavy atom. The molecule has 388 valence electrons. The molecule has 8 aromatic carbocycles. The second-order valence-corrected chi connectivity index (χ2v) is 26.4. The van der Waals surface area contributed by atoms with Crippen molar-refractivity contribution in [1.29, 1.82) is 0 Å². The van der Waals surface area contributed by atoms with Gasteiger partial charge in [0.25, 0.3) is 6.71 Å². The van der Waals surface area contributed by atoms with Crippen LogP contribution in [0, 0.1) is 0 Å². The second-order valence-electron chi connectivity index (χ2n) is 26.4. The molecule has 78 heavy (non-hydrogen) atoms. The summed E-state index contributed by atoms with van der Waals surface area (Å²) < 4.78 is 0. The molecule has 4 aliphatic rings. The van der Waals surface area contributed by atoms with Crippen LogP contribution in [-0.4, -0.2) is 17.2 Å². The Bertz CT molecular complexity index is 3790. The van der Waals surface area contributed by atoms with E-state index in [2.05, 4.69) is 273 Å². The highest BCUT2D eigenvalue weighted by Crippen LogP contribution is 2.62. The van der Waals surface area contributed by atoms with E-state index < -0.39 is 0 Å². The maximum atomic E-state index is 4.83. The quantitative estimate of drug-likeness (QED) is 0.155. The van der Waals surface area contributed by atoms with Crippen LogP contribution in [-0.2, 0) is 21.7 Å². The van der Waals surface area contributed by atoms with Crippen molar-refractivity contribution in [3.8, 4) is 33.5 Å². The summed E-state index contributed by atoms with van der Waals surface area (Å²) in [5.41, 5.74) is 25.8. The first-order valence-electron chi connectivity index (χ1n) is 28.6. The molecule has 4 heterocycles. The lowest BCUT2D eigenvalue weighted by Gasteiger charge is -2.50. The molecule has 3 aliphatic heterocycles. The van der Waals surface area contributed by atoms with Gasteiger partial charge in [-0.25, -0.2) is 0 Å². The van der Waals surface area contributed by atoms with Crippen molar-refractivity contribution in [1.82, 2.24) is 4.98 Å². The number of benzene rings is 8. The van der Waals surface area contributed by atoms with Crippen LogP contribution in [0.2, 0.25) is 0 Å². The van der Waals surface area contributed by atoms with Crippen molar-refractivity contribution in [2.45, 2.75) is 129 Å². The lowest BCUT2D eigenvalue weighted by Crippen LogP contribution is -2.61. The van der Waals surface area contributed by atoms with E-state index in [1.807, 2.05) is 12.3 Å². The highest BCUT2D eigenvalue weighted by Gasteiger charge is 2.58. The average molecular weight is 1020 g/mol. The van der Waals surface area contributed by atoms with Crippen LogP contribution < -0.4 is 31.1 Å². The predicted octanol–water partition coefficient (Wildman–Crippen LogP) is 17.8. The third-order valence-electron chi connectivity index (χ3n) is 18.5. The number of hydrogen-bond acceptors (Lipinski definition) is 4. The Hall–Kier alpha value is -7.63. The van der Waals surface area contributed by atoms with Gasteiger partial charge in [0, 0.05) is 62.6 Å². The van der Waals surface area contributed by atoms with Crippen molar-refractivity contribution in [2.24, 2.45) is 0 Å². The van der Waals surface area contributed by atoms with Crippen molar-refractivity contribution in [3.63, 3.8) is 0 Å². The van der Waals surface area contributed by atoms with E-state index in [0.29, 0.717) is 0 Å². The topological polar surface area (TPSA) is 22.6 Å². The van der Waals surface area contributed by atoms with Gasteiger partial charge in [0.1, 0.15) is 0 Å². The van der Waals surface area contributed by atoms with Crippen molar-refractivity contribution in [3.05, 3.63) is 217 Å². The third kappa shape index (κ3) is 7.89. The first-order valence-corrected chi connectivity index (χ1v) is 28.6. The predicted molar refractivity (Wildman–Crippen MR) is 333 cm³/mol. The molecule has 0 amide bonds. The Kier molecular flexibility index (Phi) is 11.5. The zero-order valence-electron chi connectivity index (χ0n) is 47.7. The molecule has 0 radical (unpaired) electrons. The Balaban J connectivity index is 1.10. The minimum absolute atomic E-state index is 0.00536. The van der Waals surface area contributed by atoms with Crippen LogP contribution in [0.15, 0.2) is 194 Å². The summed E-state index contributed by atoms with van der Waals surface area (Å²) in [6.45, 7) is 26.1. The molecule has 0 bridgehead atoms. The van der Waals surface area contributed by atoms with Crippen molar-refractivity contribution < 1.29 is 0 Å². The fourth-order valence-electron chi connectivity index (χ4n) is 13.9. The summed E-state index contributed by atoms with van der Waals surface area (Å²) in [4.78, 5) is 12.9. The van der Waals surface area contributed by atoms with E-state index in [0.717, 1.165) is 18.5 Å². The molecule has 13 rings (SSSR count). The maximum absolute atomic E-state index is 4.83. The van der Waals surface area contributed by atoms with E-state index in [4.69, 9.17) is 4.98 Å². The maximum Gasteiger partial charge on any atom is 0.252 e. The molecule has 1 saturated carbocycles. The number of pyridine rings is 1. The van der Waals surface area contributed by atoms with Gasteiger partial charge in [-0.2, -0.15) is 0 Å². The van der Waals surface area contributed by atoms with Gasteiger partial charge in [-0.05, 0) is 170 Å². The largest absolute Gasteiger partial charge is 0.334 e. The minimum atomic E-state index is -0.172. The molecule has 0 saturated heterocycles. The fourth-order valence-corrected chi connectivity index (χ4v) is 13.9.